The highest BCUT2D eigenvalue weighted by molar-refractivity contribution is 9.09. The van der Waals surface area contributed by atoms with E-state index < -0.39 is 5.60 Å². The van der Waals surface area contributed by atoms with Crippen LogP contribution >= 0.6 is 15.9 Å². The summed E-state index contributed by atoms with van der Waals surface area (Å²) in [5.74, 6) is -0.0914. The monoisotopic (exact) mass is 282 g/mol. The van der Waals surface area contributed by atoms with E-state index in [0.717, 1.165) is 18.4 Å². The molecule has 0 N–H and O–H groups in total. The van der Waals surface area contributed by atoms with Crippen molar-refractivity contribution in [3.8, 4) is 0 Å². The van der Waals surface area contributed by atoms with Crippen LogP contribution in [-0.4, -0.2) is 11.3 Å². The second kappa shape index (κ2) is 4.58. The zero-order valence-corrected chi connectivity index (χ0v) is 10.9. The number of cyclic esters (lactones) is 1. The number of benzene rings is 1. The second-order valence-corrected chi connectivity index (χ2v) is 4.88. The van der Waals surface area contributed by atoms with Crippen LogP contribution in [-0.2, 0) is 15.1 Å². The molecule has 1 fully saturated rings. The van der Waals surface area contributed by atoms with Gasteiger partial charge < -0.3 is 4.74 Å². The average Bonchev–Trinajstić information content (AvgIpc) is 2.29. The van der Waals surface area contributed by atoms with Crippen molar-refractivity contribution in [3.63, 3.8) is 0 Å². The third kappa shape index (κ3) is 2.14. The van der Waals surface area contributed by atoms with Crippen molar-refractivity contribution in [2.45, 2.75) is 31.8 Å². The fraction of sp³-hybridized carbons (Fsp3) is 0.462. The second-order valence-electron chi connectivity index (χ2n) is 4.32. The van der Waals surface area contributed by atoms with Crippen LogP contribution < -0.4 is 0 Å². The summed E-state index contributed by atoms with van der Waals surface area (Å²) >= 11 is 3.47. The number of halogens is 1. The van der Waals surface area contributed by atoms with E-state index in [0.29, 0.717) is 11.8 Å². The lowest BCUT2D eigenvalue weighted by atomic mass is 9.88. The van der Waals surface area contributed by atoms with E-state index in [1.807, 2.05) is 0 Å². The quantitative estimate of drug-likeness (QED) is 0.615. The summed E-state index contributed by atoms with van der Waals surface area (Å²) in [6.07, 6.45) is 2.34. The number of alkyl halides is 1. The maximum Gasteiger partial charge on any atom is 0.306 e. The molecule has 16 heavy (non-hydrogen) atoms. The van der Waals surface area contributed by atoms with Gasteiger partial charge in [-0.1, -0.05) is 45.8 Å². The summed E-state index contributed by atoms with van der Waals surface area (Å²) in [6, 6.07) is 8.22. The highest BCUT2D eigenvalue weighted by Crippen LogP contribution is 2.37. The molecule has 1 atom stereocenters. The number of carbonyl (C=O) groups is 1. The SMILES string of the molecule is Cc1ccc(C2(CBr)CCCC(=O)O2)cc1. The predicted molar refractivity (Wildman–Crippen MR) is 66.6 cm³/mol. The van der Waals surface area contributed by atoms with Gasteiger partial charge >= 0.3 is 5.97 Å². The Balaban J connectivity index is 2.33. The molecule has 1 aromatic carbocycles. The molecule has 0 bridgehead atoms. The molecule has 3 heteroatoms. The summed E-state index contributed by atoms with van der Waals surface area (Å²) in [6.45, 7) is 2.05. The van der Waals surface area contributed by atoms with Gasteiger partial charge in [-0.25, -0.2) is 0 Å². The number of carbonyl (C=O) groups excluding carboxylic acids is 1. The van der Waals surface area contributed by atoms with Gasteiger partial charge in [0.05, 0.1) is 0 Å². The van der Waals surface area contributed by atoms with E-state index in [4.69, 9.17) is 4.74 Å². The highest BCUT2D eigenvalue weighted by Gasteiger charge is 2.38. The van der Waals surface area contributed by atoms with Crippen LogP contribution in [0.1, 0.15) is 30.4 Å². The topological polar surface area (TPSA) is 26.3 Å². The number of hydrogen-bond acceptors (Lipinski definition) is 2. The van der Waals surface area contributed by atoms with Crippen LogP contribution in [0.5, 0.6) is 0 Å². The van der Waals surface area contributed by atoms with Crippen LogP contribution in [0.15, 0.2) is 24.3 Å². The number of rotatable bonds is 2. The smallest absolute Gasteiger partial charge is 0.306 e. The summed E-state index contributed by atoms with van der Waals surface area (Å²) in [7, 11) is 0. The van der Waals surface area contributed by atoms with Crippen molar-refractivity contribution in [2.24, 2.45) is 0 Å². The Morgan fingerprint density at radius 3 is 2.62 bits per heavy atom. The molecule has 2 rings (SSSR count). The Morgan fingerprint density at radius 1 is 1.38 bits per heavy atom. The molecule has 0 aromatic heterocycles. The van der Waals surface area contributed by atoms with Gasteiger partial charge in [0, 0.05) is 11.8 Å². The van der Waals surface area contributed by atoms with Crippen molar-refractivity contribution in [1.29, 1.82) is 0 Å². The Hall–Kier alpha value is -0.830. The molecule has 0 radical (unpaired) electrons. The minimum atomic E-state index is -0.455. The first-order valence-corrected chi connectivity index (χ1v) is 6.63. The Kier molecular flexibility index (Phi) is 3.33. The van der Waals surface area contributed by atoms with Crippen molar-refractivity contribution < 1.29 is 9.53 Å². The summed E-state index contributed by atoms with van der Waals surface area (Å²) in [5, 5.41) is 0.662. The first-order chi connectivity index (χ1) is 7.66. The Labute approximate surface area is 104 Å². The molecule has 86 valence electrons. The molecule has 0 spiro atoms. The minimum Gasteiger partial charge on any atom is -0.453 e. The van der Waals surface area contributed by atoms with Gasteiger partial charge in [0.2, 0.25) is 0 Å². The van der Waals surface area contributed by atoms with Crippen molar-refractivity contribution in [2.75, 3.05) is 5.33 Å². The van der Waals surface area contributed by atoms with Crippen LogP contribution in [0.3, 0.4) is 0 Å². The Morgan fingerprint density at radius 2 is 2.06 bits per heavy atom. The molecular formula is C13H15BrO2. The number of aryl methyl sites for hydroxylation is 1. The third-order valence-corrected chi connectivity index (χ3v) is 3.97. The normalized spacial score (nSPS) is 25.2. The van der Waals surface area contributed by atoms with Crippen LogP contribution in [0, 0.1) is 6.92 Å². The van der Waals surface area contributed by atoms with Crippen molar-refractivity contribution in [3.05, 3.63) is 35.4 Å². The standard InChI is InChI=1S/C13H15BrO2/c1-10-4-6-11(7-5-10)13(9-14)8-2-3-12(15)16-13/h4-7H,2-3,8-9H2,1H3. The summed E-state index contributed by atoms with van der Waals surface area (Å²) in [4.78, 5) is 11.4. The third-order valence-electron chi connectivity index (χ3n) is 3.06. The zero-order chi connectivity index (χ0) is 11.6. The minimum absolute atomic E-state index is 0.0914. The lowest BCUT2D eigenvalue weighted by Crippen LogP contribution is -2.37. The molecule has 1 aromatic rings. The average molecular weight is 283 g/mol. The van der Waals surface area contributed by atoms with Crippen LogP contribution in [0.2, 0.25) is 0 Å². The van der Waals surface area contributed by atoms with Crippen LogP contribution in [0.25, 0.3) is 0 Å². The van der Waals surface area contributed by atoms with E-state index in [9.17, 15) is 4.79 Å². The molecule has 1 aliphatic rings. The molecular weight excluding hydrogens is 268 g/mol. The van der Waals surface area contributed by atoms with Gasteiger partial charge in [0.25, 0.3) is 0 Å². The van der Waals surface area contributed by atoms with Gasteiger partial charge in [-0.2, -0.15) is 0 Å². The lowest BCUT2D eigenvalue weighted by Gasteiger charge is -2.35. The molecule has 2 nitrogen and oxygen atoms in total. The van der Waals surface area contributed by atoms with Crippen molar-refractivity contribution in [1.82, 2.24) is 0 Å². The maximum absolute atomic E-state index is 11.4. The van der Waals surface area contributed by atoms with Gasteiger partial charge in [-0.15, -0.1) is 0 Å². The van der Waals surface area contributed by atoms with E-state index in [-0.39, 0.29) is 5.97 Å². The molecule has 1 aliphatic heterocycles. The highest BCUT2D eigenvalue weighted by atomic mass is 79.9. The fourth-order valence-electron chi connectivity index (χ4n) is 2.07. The lowest BCUT2D eigenvalue weighted by molar-refractivity contribution is -0.165. The first-order valence-electron chi connectivity index (χ1n) is 5.51. The molecule has 0 saturated carbocycles. The largest absolute Gasteiger partial charge is 0.453 e. The van der Waals surface area contributed by atoms with Crippen molar-refractivity contribution >= 4 is 21.9 Å². The molecule has 0 aliphatic carbocycles. The molecule has 1 heterocycles. The van der Waals surface area contributed by atoms with E-state index in [2.05, 4.69) is 47.1 Å². The van der Waals surface area contributed by atoms with E-state index in [1.54, 1.807) is 0 Å². The predicted octanol–water partition coefficient (Wildman–Crippen LogP) is 3.31. The number of esters is 1. The van der Waals surface area contributed by atoms with Gasteiger partial charge in [-0.05, 0) is 25.3 Å². The zero-order valence-electron chi connectivity index (χ0n) is 9.33. The molecule has 1 saturated heterocycles. The Bertz CT molecular complexity index is 385. The van der Waals surface area contributed by atoms with Crippen LogP contribution in [0.4, 0.5) is 0 Å². The summed E-state index contributed by atoms with van der Waals surface area (Å²) < 4.78 is 5.56. The first kappa shape index (κ1) is 11.6. The fourth-order valence-corrected chi connectivity index (χ4v) is 2.79. The molecule has 0 amide bonds. The van der Waals surface area contributed by atoms with Gasteiger partial charge in [0.1, 0.15) is 5.60 Å². The maximum atomic E-state index is 11.4. The number of hydrogen-bond donors (Lipinski definition) is 0. The van der Waals surface area contributed by atoms with E-state index >= 15 is 0 Å². The van der Waals surface area contributed by atoms with E-state index in [1.165, 1.54) is 5.56 Å². The molecule has 1 unspecified atom stereocenters. The van der Waals surface area contributed by atoms with Gasteiger partial charge in [-0.3, -0.25) is 4.79 Å². The van der Waals surface area contributed by atoms with Gasteiger partial charge in [0.15, 0.2) is 0 Å². The summed E-state index contributed by atoms with van der Waals surface area (Å²) in [5.41, 5.74) is 1.85. The number of ether oxygens (including phenoxy) is 1.